The second kappa shape index (κ2) is 11.7. The summed E-state index contributed by atoms with van der Waals surface area (Å²) in [7, 11) is 0. The lowest BCUT2D eigenvalue weighted by Gasteiger charge is -2.32. The number of hydrogen-bond acceptors (Lipinski definition) is 6. The Morgan fingerprint density at radius 3 is 2.62 bits per heavy atom. The third-order valence-corrected chi connectivity index (χ3v) is 6.96. The first-order valence-electron chi connectivity index (χ1n) is 11.3. The van der Waals surface area contributed by atoms with Crippen LogP contribution in [0.2, 0.25) is 5.02 Å². The lowest BCUT2D eigenvalue weighted by Crippen LogP contribution is -2.50. The number of aromatic nitrogens is 1. The molecule has 34 heavy (non-hydrogen) atoms. The molecule has 6 nitrogen and oxygen atoms in total. The third-order valence-electron chi connectivity index (χ3n) is 5.67. The van der Waals surface area contributed by atoms with Crippen LogP contribution in [0.15, 0.2) is 42.5 Å². The van der Waals surface area contributed by atoms with E-state index in [1.165, 1.54) is 5.56 Å². The predicted octanol–water partition coefficient (Wildman–Crippen LogP) is 5.59. The van der Waals surface area contributed by atoms with Gasteiger partial charge in [-0.05, 0) is 69.2 Å². The van der Waals surface area contributed by atoms with Gasteiger partial charge in [0.15, 0.2) is 10.7 Å². The van der Waals surface area contributed by atoms with Gasteiger partial charge in [0.05, 0.1) is 23.4 Å². The number of thiazole rings is 1. The molecule has 0 N–H and O–H groups in total. The van der Waals surface area contributed by atoms with Crippen molar-refractivity contribution >= 4 is 56.6 Å². The number of aryl methyl sites for hydroxylation is 1. The number of hydrogen-bond donors (Lipinski definition) is 0. The minimum absolute atomic E-state index is 0. The normalized spacial score (nSPS) is 14.6. The van der Waals surface area contributed by atoms with E-state index in [-0.39, 0.29) is 18.3 Å². The lowest BCUT2D eigenvalue weighted by atomic mass is 10.1. The Morgan fingerprint density at radius 2 is 1.91 bits per heavy atom. The summed E-state index contributed by atoms with van der Waals surface area (Å²) in [6.45, 7) is 10.5. The molecule has 1 amide bonds. The van der Waals surface area contributed by atoms with Gasteiger partial charge in [0.2, 0.25) is 0 Å². The van der Waals surface area contributed by atoms with Crippen molar-refractivity contribution in [3.8, 4) is 5.75 Å². The van der Waals surface area contributed by atoms with Crippen molar-refractivity contribution < 1.29 is 14.3 Å². The van der Waals surface area contributed by atoms with E-state index in [4.69, 9.17) is 26.1 Å². The van der Waals surface area contributed by atoms with Gasteiger partial charge >= 0.3 is 0 Å². The fourth-order valence-corrected chi connectivity index (χ4v) is 5.08. The molecule has 0 spiro atoms. The highest BCUT2D eigenvalue weighted by Crippen LogP contribution is 2.32. The fourth-order valence-electron chi connectivity index (χ4n) is 3.86. The third kappa shape index (κ3) is 6.61. The number of benzene rings is 2. The smallest absolute Gasteiger partial charge is 0.272 e. The molecule has 4 rings (SSSR count). The minimum atomic E-state index is -1.07. The van der Waals surface area contributed by atoms with Gasteiger partial charge in [0.1, 0.15) is 5.75 Å². The van der Waals surface area contributed by atoms with Crippen LogP contribution in [-0.2, 0) is 9.53 Å². The zero-order valence-electron chi connectivity index (χ0n) is 19.8. The Bertz CT molecular complexity index is 1100. The highest BCUT2D eigenvalue weighted by atomic mass is 35.5. The maximum absolute atomic E-state index is 13.8. The van der Waals surface area contributed by atoms with E-state index in [1.807, 2.05) is 12.1 Å². The Balaban J connectivity index is 0.00000324. The quantitative estimate of drug-likeness (QED) is 0.385. The molecule has 0 unspecified atom stereocenters. The Labute approximate surface area is 216 Å². The molecule has 2 heterocycles. The van der Waals surface area contributed by atoms with Crippen LogP contribution in [-0.4, -0.2) is 60.8 Å². The summed E-state index contributed by atoms with van der Waals surface area (Å²) in [6, 6.07) is 13.2. The number of carbonyl (C=O) groups is 1. The maximum Gasteiger partial charge on any atom is 0.272 e. The van der Waals surface area contributed by atoms with Crippen LogP contribution in [0, 0.1) is 6.92 Å². The monoisotopic (exact) mass is 523 g/mol. The molecule has 1 aromatic heterocycles. The molecule has 0 aliphatic carbocycles. The number of amides is 1. The van der Waals surface area contributed by atoms with Crippen LogP contribution < -0.4 is 9.64 Å². The van der Waals surface area contributed by atoms with Crippen LogP contribution >= 0.6 is 35.3 Å². The largest absolute Gasteiger partial charge is 0.478 e. The van der Waals surface area contributed by atoms with E-state index < -0.39 is 5.60 Å². The molecular formula is C25H31Cl2N3O3S. The molecule has 184 valence electrons. The van der Waals surface area contributed by atoms with Crippen molar-refractivity contribution in [2.45, 2.75) is 32.8 Å². The van der Waals surface area contributed by atoms with E-state index in [0.29, 0.717) is 22.4 Å². The van der Waals surface area contributed by atoms with Crippen LogP contribution in [0.4, 0.5) is 5.13 Å². The van der Waals surface area contributed by atoms with E-state index in [9.17, 15) is 4.79 Å². The van der Waals surface area contributed by atoms with Crippen molar-refractivity contribution in [3.63, 3.8) is 0 Å². The van der Waals surface area contributed by atoms with Gasteiger partial charge in [-0.25, -0.2) is 4.98 Å². The van der Waals surface area contributed by atoms with Gasteiger partial charge in [-0.15, -0.1) is 12.4 Å². The molecule has 0 saturated carbocycles. The van der Waals surface area contributed by atoms with Crippen LogP contribution in [0.5, 0.6) is 5.75 Å². The van der Waals surface area contributed by atoms with Gasteiger partial charge < -0.3 is 9.47 Å². The fraction of sp³-hybridized carbons (Fsp3) is 0.440. The van der Waals surface area contributed by atoms with Crippen LogP contribution in [0.3, 0.4) is 0 Å². The molecule has 0 radical (unpaired) electrons. The minimum Gasteiger partial charge on any atom is -0.478 e. The van der Waals surface area contributed by atoms with Crippen LogP contribution in [0.25, 0.3) is 10.2 Å². The Morgan fingerprint density at radius 1 is 1.21 bits per heavy atom. The summed E-state index contributed by atoms with van der Waals surface area (Å²) < 4.78 is 12.6. The van der Waals surface area contributed by atoms with Gasteiger partial charge in [-0.3, -0.25) is 14.6 Å². The molecule has 1 aliphatic rings. The van der Waals surface area contributed by atoms with Gasteiger partial charge in [-0.1, -0.05) is 29.0 Å². The van der Waals surface area contributed by atoms with E-state index in [1.54, 1.807) is 54.3 Å². The number of carbonyl (C=O) groups excluding carboxylic acids is 1. The predicted molar refractivity (Wildman–Crippen MR) is 142 cm³/mol. The van der Waals surface area contributed by atoms with Crippen molar-refractivity contribution in [3.05, 3.63) is 53.1 Å². The first-order chi connectivity index (χ1) is 15.8. The molecule has 3 aromatic rings. The zero-order chi connectivity index (χ0) is 23.4. The molecule has 1 saturated heterocycles. The number of ether oxygens (including phenoxy) is 2. The Hall–Kier alpha value is -1.90. The molecular weight excluding hydrogens is 493 g/mol. The molecule has 0 bridgehead atoms. The number of halogens is 2. The summed E-state index contributed by atoms with van der Waals surface area (Å²) in [5, 5.41) is 1.33. The molecule has 1 aliphatic heterocycles. The zero-order valence-corrected chi connectivity index (χ0v) is 22.1. The van der Waals surface area contributed by atoms with Gasteiger partial charge in [0, 0.05) is 31.2 Å². The van der Waals surface area contributed by atoms with E-state index >= 15 is 0 Å². The summed E-state index contributed by atoms with van der Waals surface area (Å²) in [5.41, 5.74) is 1.01. The number of rotatable bonds is 8. The maximum atomic E-state index is 13.8. The molecule has 0 atom stereocenters. The van der Waals surface area contributed by atoms with Gasteiger partial charge in [0.25, 0.3) is 5.91 Å². The highest BCUT2D eigenvalue weighted by molar-refractivity contribution is 7.22. The van der Waals surface area contributed by atoms with Crippen LogP contribution in [0.1, 0.15) is 25.8 Å². The Kier molecular flexibility index (Phi) is 9.18. The van der Waals surface area contributed by atoms with E-state index in [2.05, 4.69) is 17.9 Å². The summed E-state index contributed by atoms with van der Waals surface area (Å²) >= 11 is 7.54. The van der Waals surface area contributed by atoms with Crippen molar-refractivity contribution in [2.24, 2.45) is 0 Å². The second-order valence-corrected chi connectivity index (χ2v) is 10.2. The van der Waals surface area contributed by atoms with E-state index in [0.717, 1.165) is 49.5 Å². The molecule has 9 heteroatoms. The average Bonchev–Trinajstić information content (AvgIpc) is 3.21. The lowest BCUT2D eigenvalue weighted by molar-refractivity contribution is -0.131. The summed E-state index contributed by atoms with van der Waals surface area (Å²) in [5.74, 6) is 0.487. The number of morpholine rings is 1. The first-order valence-corrected chi connectivity index (χ1v) is 12.5. The van der Waals surface area contributed by atoms with Gasteiger partial charge in [-0.2, -0.15) is 0 Å². The number of nitrogens with zero attached hydrogens (tertiary/aromatic N) is 3. The first kappa shape index (κ1) is 26.7. The van der Waals surface area contributed by atoms with Crippen molar-refractivity contribution in [1.82, 2.24) is 9.88 Å². The SMILES string of the molecule is Cc1ccc2nc(N(CCCN3CCOCC3)C(=O)C(C)(C)Oc3ccc(Cl)cc3)sc2c1.Cl. The highest BCUT2D eigenvalue weighted by Gasteiger charge is 2.36. The van der Waals surface area contributed by atoms with Crippen molar-refractivity contribution in [1.29, 1.82) is 0 Å². The standard InChI is InChI=1S/C25H30ClN3O3S.ClH/c1-18-5-10-21-22(17-18)33-24(27-21)29(12-4-11-28-13-15-31-16-14-28)23(30)25(2,3)32-20-8-6-19(26)7-9-20;/h5-10,17H,4,11-16H2,1-3H3;1H. The number of fused-ring (bicyclic) bond motifs is 1. The summed E-state index contributed by atoms with van der Waals surface area (Å²) in [4.78, 5) is 22.7. The topological polar surface area (TPSA) is 54.9 Å². The molecule has 2 aromatic carbocycles. The molecule has 1 fully saturated rings. The average molecular weight is 525 g/mol. The summed E-state index contributed by atoms with van der Waals surface area (Å²) in [6.07, 6.45) is 0.845. The second-order valence-electron chi connectivity index (χ2n) is 8.80. The van der Waals surface area contributed by atoms with Crippen molar-refractivity contribution in [2.75, 3.05) is 44.3 Å². The number of anilines is 1.